The summed E-state index contributed by atoms with van der Waals surface area (Å²) in [7, 11) is 0. The summed E-state index contributed by atoms with van der Waals surface area (Å²) in [6.45, 7) is 0.518. The van der Waals surface area contributed by atoms with Crippen molar-refractivity contribution in [2.75, 3.05) is 11.9 Å². The van der Waals surface area contributed by atoms with Gasteiger partial charge in [0.2, 0.25) is 5.91 Å². The molecule has 24 heavy (non-hydrogen) atoms. The largest absolute Gasteiger partial charge is 0.494 e. The lowest BCUT2D eigenvalue weighted by molar-refractivity contribution is -0.116. The molecule has 3 nitrogen and oxygen atoms in total. The Hall–Kier alpha value is -2.33. The summed E-state index contributed by atoms with van der Waals surface area (Å²) in [5.74, 6) is 0.818. The highest BCUT2D eigenvalue weighted by molar-refractivity contribution is 9.10. The molecule has 3 rings (SSSR count). The minimum atomic E-state index is 0.00533. The standard InChI is InChI=1S/C20H18BrNO2/c21-16-10-12-17(13-11-16)24-14-4-9-20(23)22-19-8-3-6-15-5-1-2-7-18(15)19/h1-3,5-8,10-13H,4,9,14H2,(H,22,23). The number of anilines is 1. The van der Waals surface area contributed by atoms with Crippen LogP contribution in [0, 0.1) is 0 Å². The predicted octanol–water partition coefficient (Wildman–Crippen LogP) is 5.40. The van der Waals surface area contributed by atoms with Gasteiger partial charge in [-0.3, -0.25) is 4.79 Å². The molecule has 0 aliphatic heterocycles. The molecule has 0 heterocycles. The second-order valence-corrected chi connectivity index (χ2v) is 6.40. The molecule has 1 N–H and O–H groups in total. The zero-order valence-corrected chi connectivity index (χ0v) is 14.8. The van der Waals surface area contributed by atoms with E-state index in [4.69, 9.17) is 4.74 Å². The molecule has 0 aliphatic carbocycles. The first kappa shape index (κ1) is 16.5. The SMILES string of the molecule is O=C(CCCOc1ccc(Br)cc1)Nc1cccc2ccccc12. The van der Waals surface area contributed by atoms with Gasteiger partial charge >= 0.3 is 0 Å². The number of ether oxygens (including phenoxy) is 1. The monoisotopic (exact) mass is 383 g/mol. The van der Waals surface area contributed by atoms with Crippen LogP contribution in [0.4, 0.5) is 5.69 Å². The molecule has 3 aromatic rings. The molecule has 0 spiro atoms. The van der Waals surface area contributed by atoms with Crippen molar-refractivity contribution in [2.24, 2.45) is 0 Å². The van der Waals surface area contributed by atoms with Crippen molar-refractivity contribution in [3.63, 3.8) is 0 Å². The molecule has 0 unspecified atom stereocenters. The summed E-state index contributed by atoms with van der Waals surface area (Å²) in [5, 5.41) is 5.16. The maximum absolute atomic E-state index is 12.1. The van der Waals surface area contributed by atoms with E-state index in [1.165, 1.54) is 0 Å². The highest BCUT2D eigenvalue weighted by Gasteiger charge is 2.05. The van der Waals surface area contributed by atoms with Crippen molar-refractivity contribution in [3.8, 4) is 5.75 Å². The van der Waals surface area contributed by atoms with Crippen LogP contribution in [0.1, 0.15) is 12.8 Å². The number of carbonyl (C=O) groups excluding carboxylic acids is 1. The smallest absolute Gasteiger partial charge is 0.224 e. The zero-order chi connectivity index (χ0) is 16.8. The van der Waals surface area contributed by atoms with Crippen LogP contribution in [0.25, 0.3) is 10.8 Å². The van der Waals surface area contributed by atoms with Crippen LogP contribution in [0.5, 0.6) is 5.75 Å². The van der Waals surface area contributed by atoms with Gasteiger partial charge in [0, 0.05) is 22.0 Å². The summed E-state index contributed by atoms with van der Waals surface area (Å²) in [6.07, 6.45) is 1.10. The highest BCUT2D eigenvalue weighted by Crippen LogP contribution is 2.23. The number of benzene rings is 3. The van der Waals surface area contributed by atoms with Crippen molar-refractivity contribution >= 4 is 38.3 Å². The Morgan fingerprint density at radius 3 is 2.54 bits per heavy atom. The van der Waals surface area contributed by atoms with E-state index in [1.54, 1.807) is 0 Å². The van der Waals surface area contributed by atoms with Crippen LogP contribution >= 0.6 is 15.9 Å². The molecule has 0 aliphatic rings. The van der Waals surface area contributed by atoms with E-state index in [9.17, 15) is 4.79 Å². The van der Waals surface area contributed by atoms with E-state index < -0.39 is 0 Å². The molecule has 1 amide bonds. The fourth-order valence-corrected chi connectivity index (χ4v) is 2.77. The molecule has 0 radical (unpaired) electrons. The van der Waals surface area contributed by atoms with Gasteiger partial charge < -0.3 is 10.1 Å². The number of rotatable bonds is 6. The number of hydrogen-bond donors (Lipinski definition) is 1. The predicted molar refractivity (Wildman–Crippen MR) is 101 cm³/mol. The average molecular weight is 384 g/mol. The Kier molecular flexibility index (Phi) is 5.49. The van der Waals surface area contributed by atoms with Crippen molar-refractivity contribution in [2.45, 2.75) is 12.8 Å². The minimum Gasteiger partial charge on any atom is -0.494 e. The summed E-state index contributed by atoms with van der Waals surface area (Å²) in [5.41, 5.74) is 0.854. The zero-order valence-electron chi connectivity index (χ0n) is 13.2. The molecule has 0 atom stereocenters. The normalized spacial score (nSPS) is 10.5. The first-order valence-corrected chi connectivity index (χ1v) is 8.68. The highest BCUT2D eigenvalue weighted by atomic mass is 79.9. The fraction of sp³-hybridized carbons (Fsp3) is 0.150. The quantitative estimate of drug-likeness (QED) is 0.578. The van der Waals surface area contributed by atoms with Crippen LogP contribution in [-0.2, 0) is 4.79 Å². The van der Waals surface area contributed by atoms with Crippen LogP contribution < -0.4 is 10.1 Å². The Bertz CT molecular complexity index is 825. The second kappa shape index (κ2) is 7.97. The van der Waals surface area contributed by atoms with E-state index in [-0.39, 0.29) is 5.91 Å². The summed E-state index contributed by atoms with van der Waals surface area (Å²) in [6, 6.07) is 21.6. The van der Waals surface area contributed by atoms with Crippen LogP contribution in [0.15, 0.2) is 71.2 Å². The van der Waals surface area contributed by atoms with Gasteiger partial charge in [-0.05, 0) is 42.1 Å². The first-order chi connectivity index (χ1) is 11.7. The number of carbonyl (C=O) groups is 1. The van der Waals surface area contributed by atoms with Crippen LogP contribution in [0.2, 0.25) is 0 Å². The Morgan fingerprint density at radius 1 is 0.958 bits per heavy atom. The molecule has 122 valence electrons. The van der Waals surface area contributed by atoms with Gasteiger partial charge in [0.1, 0.15) is 5.75 Å². The molecule has 0 saturated heterocycles. The van der Waals surface area contributed by atoms with Crippen molar-refractivity contribution in [3.05, 3.63) is 71.2 Å². The van der Waals surface area contributed by atoms with Crippen molar-refractivity contribution < 1.29 is 9.53 Å². The molecule has 0 aromatic heterocycles. The van der Waals surface area contributed by atoms with Gasteiger partial charge in [0.25, 0.3) is 0 Å². The van der Waals surface area contributed by atoms with E-state index in [2.05, 4.69) is 21.2 Å². The average Bonchev–Trinajstić information content (AvgIpc) is 2.61. The van der Waals surface area contributed by atoms with Gasteiger partial charge in [-0.1, -0.05) is 52.3 Å². The van der Waals surface area contributed by atoms with Gasteiger partial charge in [0.05, 0.1) is 6.61 Å². The van der Waals surface area contributed by atoms with Gasteiger partial charge in [-0.25, -0.2) is 0 Å². The van der Waals surface area contributed by atoms with E-state index >= 15 is 0 Å². The van der Waals surface area contributed by atoms with Crippen LogP contribution in [-0.4, -0.2) is 12.5 Å². The van der Waals surface area contributed by atoms with Gasteiger partial charge in [-0.15, -0.1) is 0 Å². The molecule has 3 aromatic carbocycles. The second-order valence-electron chi connectivity index (χ2n) is 5.48. The molecular weight excluding hydrogens is 366 g/mol. The third-order valence-electron chi connectivity index (χ3n) is 3.69. The lowest BCUT2D eigenvalue weighted by Crippen LogP contribution is -2.13. The number of hydrogen-bond acceptors (Lipinski definition) is 2. The Morgan fingerprint density at radius 2 is 1.71 bits per heavy atom. The van der Waals surface area contributed by atoms with E-state index in [0.717, 1.165) is 26.7 Å². The molecule has 0 fully saturated rings. The summed E-state index contributed by atoms with van der Waals surface area (Å²) < 4.78 is 6.65. The van der Waals surface area contributed by atoms with E-state index in [1.807, 2.05) is 66.7 Å². The topological polar surface area (TPSA) is 38.3 Å². The molecule has 4 heteroatoms. The van der Waals surface area contributed by atoms with Gasteiger partial charge in [0.15, 0.2) is 0 Å². The maximum atomic E-state index is 12.1. The number of amides is 1. The number of fused-ring (bicyclic) bond motifs is 1. The number of nitrogens with one attached hydrogen (secondary N) is 1. The lowest BCUT2D eigenvalue weighted by Gasteiger charge is -2.09. The fourth-order valence-electron chi connectivity index (χ4n) is 2.50. The summed E-state index contributed by atoms with van der Waals surface area (Å²) in [4.78, 5) is 12.1. The van der Waals surface area contributed by atoms with Crippen LogP contribution in [0.3, 0.4) is 0 Å². The minimum absolute atomic E-state index is 0.00533. The summed E-state index contributed by atoms with van der Waals surface area (Å²) >= 11 is 3.39. The molecule has 0 bridgehead atoms. The van der Waals surface area contributed by atoms with Gasteiger partial charge in [-0.2, -0.15) is 0 Å². The molecule has 0 saturated carbocycles. The first-order valence-electron chi connectivity index (χ1n) is 7.88. The number of halogens is 1. The third kappa shape index (κ3) is 4.36. The molecular formula is C20H18BrNO2. The lowest BCUT2D eigenvalue weighted by atomic mass is 10.1. The van der Waals surface area contributed by atoms with E-state index in [0.29, 0.717) is 19.4 Å². The Balaban J connectivity index is 1.49. The van der Waals surface area contributed by atoms with Crippen molar-refractivity contribution in [1.29, 1.82) is 0 Å². The van der Waals surface area contributed by atoms with Crippen molar-refractivity contribution in [1.82, 2.24) is 0 Å². The third-order valence-corrected chi connectivity index (χ3v) is 4.22. The Labute approximate surface area is 149 Å². The maximum Gasteiger partial charge on any atom is 0.224 e.